The summed E-state index contributed by atoms with van der Waals surface area (Å²) in [7, 11) is -1.53. The Morgan fingerprint density at radius 1 is 1.07 bits per heavy atom. The highest BCUT2D eigenvalue weighted by Crippen LogP contribution is 2.34. The number of carbonyl (C=O) groups excluding carboxylic acids is 1. The summed E-state index contributed by atoms with van der Waals surface area (Å²) in [4.78, 5) is 14.8. The van der Waals surface area contributed by atoms with Crippen molar-refractivity contribution in [2.45, 2.75) is 37.6 Å². The number of amides is 1. The lowest BCUT2D eigenvalue weighted by molar-refractivity contribution is -0.117. The van der Waals surface area contributed by atoms with Crippen LogP contribution in [0.15, 0.2) is 53.4 Å². The molecular formula is C22H29N3O3S. The summed E-state index contributed by atoms with van der Waals surface area (Å²) in [6.45, 7) is 4.75. The maximum atomic E-state index is 12.6. The smallest absolute Gasteiger partial charge is 0.243 e. The van der Waals surface area contributed by atoms with Gasteiger partial charge in [-0.2, -0.15) is 4.31 Å². The number of benzene rings is 2. The van der Waals surface area contributed by atoms with Gasteiger partial charge in [0.15, 0.2) is 0 Å². The van der Waals surface area contributed by atoms with Gasteiger partial charge in [-0.1, -0.05) is 38.1 Å². The minimum atomic E-state index is -3.49. The van der Waals surface area contributed by atoms with Crippen LogP contribution in [-0.4, -0.2) is 50.2 Å². The van der Waals surface area contributed by atoms with Gasteiger partial charge in [0.05, 0.1) is 11.4 Å². The molecule has 0 saturated carbocycles. The van der Waals surface area contributed by atoms with Gasteiger partial charge in [-0.25, -0.2) is 8.42 Å². The fourth-order valence-electron chi connectivity index (χ4n) is 3.95. The molecule has 1 N–H and O–H groups in total. The molecule has 0 heterocycles. The molecule has 2 aromatic carbocycles. The molecule has 1 aliphatic rings. The molecule has 0 fully saturated rings. The molecule has 3 rings (SSSR count). The molecule has 6 nitrogen and oxygen atoms in total. The summed E-state index contributed by atoms with van der Waals surface area (Å²) in [6.07, 6.45) is 2.05. The molecule has 29 heavy (non-hydrogen) atoms. The number of likely N-dealkylation sites (N-methyl/N-ethyl adjacent to an activating group) is 1. The summed E-state index contributed by atoms with van der Waals surface area (Å²) < 4.78 is 26.5. The summed E-state index contributed by atoms with van der Waals surface area (Å²) >= 11 is 0. The average Bonchev–Trinajstić information content (AvgIpc) is 3.13. The number of fused-ring (bicyclic) bond motifs is 1. The topological polar surface area (TPSA) is 69.7 Å². The largest absolute Gasteiger partial charge is 0.325 e. The van der Waals surface area contributed by atoms with Crippen molar-refractivity contribution >= 4 is 21.6 Å². The zero-order valence-corrected chi connectivity index (χ0v) is 18.1. The third kappa shape index (κ3) is 4.69. The van der Waals surface area contributed by atoms with Crippen molar-refractivity contribution in [3.63, 3.8) is 0 Å². The van der Waals surface area contributed by atoms with Crippen LogP contribution in [0.3, 0.4) is 0 Å². The molecule has 0 bridgehead atoms. The van der Waals surface area contributed by atoms with Gasteiger partial charge in [-0.3, -0.25) is 9.69 Å². The molecule has 0 aromatic heterocycles. The van der Waals surface area contributed by atoms with Gasteiger partial charge in [0.2, 0.25) is 15.9 Å². The quantitative estimate of drug-likeness (QED) is 0.718. The Kier molecular flexibility index (Phi) is 6.72. The number of nitrogens with zero attached hydrogens (tertiary/aromatic N) is 2. The van der Waals surface area contributed by atoms with E-state index in [1.54, 1.807) is 24.3 Å². The maximum Gasteiger partial charge on any atom is 0.243 e. The molecule has 0 saturated heterocycles. The number of anilines is 1. The first-order valence-electron chi connectivity index (χ1n) is 10.0. The van der Waals surface area contributed by atoms with Crippen LogP contribution in [0.2, 0.25) is 0 Å². The van der Waals surface area contributed by atoms with Crippen molar-refractivity contribution in [2.24, 2.45) is 0 Å². The first-order valence-corrected chi connectivity index (χ1v) is 11.5. The van der Waals surface area contributed by atoms with Crippen LogP contribution >= 0.6 is 0 Å². The van der Waals surface area contributed by atoms with Gasteiger partial charge in [-0.05, 0) is 55.3 Å². The van der Waals surface area contributed by atoms with Crippen LogP contribution in [0.5, 0.6) is 0 Å². The fraction of sp³-hybridized carbons (Fsp3) is 0.409. The molecule has 1 atom stereocenters. The van der Waals surface area contributed by atoms with E-state index in [-0.39, 0.29) is 23.4 Å². The first-order chi connectivity index (χ1) is 13.9. The monoisotopic (exact) mass is 415 g/mol. The Bertz CT molecular complexity index is 954. The second-order valence-electron chi connectivity index (χ2n) is 7.33. The average molecular weight is 416 g/mol. The van der Waals surface area contributed by atoms with Crippen molar-refractivity contribution < 1.29 is 13.2 Å². The molecule has 0 aliphatic heterocycles. The normalized spacial score (nSPS) is 16.2. The van der Waals surface area contributed by atoms with Gasteiger partial charge in [0.1, 0.15) is 0 Å². The highest BCUT2D eigenvalue weighted by Gasteiger charge is 2.26. The van der Waals surface area contributed by atoms with Crippen molar-refractivity contribution in [1.82, 2.24) is 9.21 Å². The van der Waals surface area contributed by atoms with Gasteiger partial charge in [-0.15, -0.1) is 0 Å². The van der Waals surface area contributed by atoms with Gasteiger partial charge < -0.3 is 5.32 Å². The van der Waals surface area contributed by atoms with Gasteiger partial charge in [0.25, 0.3) is 0 Å². The van der Waals surface area contributed by atoms with E-state index in [1.807, 2.05) is 27.0 Å². The van der Waals surface area contributed by atoms with E-state index in [1.165, 1.54) is 15.4 Å². The number of hydrogen-bond acceptors (Lipinski definition) is 4. The number of carbonyl (C=O) groups is 1. The number of nitrogens with one attached hydrogen (secondary N) is 1. The van der Waals surface area contributed by atoms with E-state index in [2.05, 4.69) is 28.4 Å². The predicted octanol–water partition coefficient (Wildman–Crippen LogP) is 3.27. The molecule has 156 valence electrons. The van der Waals surface area contributed by atoms with Crippen LogP contribution in [-0.2, 0) is 21.2 Å². The predicted molar refractivity (Wildman–Crippen MR) is 115 cm³/mol. The number of hydrogen-bond donors (Lipinski definition) is 1. The van der Waals surface area contributed by atoms with Crippen LogP contribution in [0, 0.1) is 0 Å². The molecular weight excluding hydrogens is 386 g/mol. The lowest BCUT2D eigenvalue weighted by Crippen LogP contribution is -2.32. The Morgan fingerprint density at radius 2 is 1.72 bits per heavy atom. The van der Waals surface area contributed by atoms with E-state index >= 15 is 0 Å². The van der Waals surface area contributed by atoms with Gasteiger partial charge >= 0.3 is 0 Å². The molecule has 7 heteroatoms. The van der Waals surface area contributed by atoms with Crippen molar-refractivity contribution in [1.29, 1.82) is 0 Å². The Morgan fingerprint density at radius 3 is 2.38 bits per heavy atom. The third-order valence-corrected chi connectivity index (χ3v) is 7.57. The minimum Gasteiger partial charge on any atom is -0.325 e. The SMILES string of the molecule is CCN(CC)S(=O)(=O)c1ccc(NC(=O)CN(C)C2CCc3ccccc32)cc1. The zero-order chi connectivity index (χ0) is 21.0. The number of aryl methyl sites for hydroxylation is 1. The Labute approximate surface area is 173 Å². The number of rotatable bonds is 8. The third-order valence-electron chi connectivity index (χ3n) is 5.51. The highest BCUT2D eigenvalue weighted by atomic mass is 32.2. The van der Waals surface area contributed by atoms with E-state index in [4.69, 9.17) is 0 Å². The van der Waals surface area contributed by atoms with Crippen LogP contribution < -0.4 is 5.32 Å². The molecule has 1 amide bonds. The lowest BCUT2D eigenvalue weighted by Gasteiger charge is -2.24. The van der Waals surface area contributed by atoms with Crippen LogP contribution in [0.4, 0.5) is 5.69 Å². The second-order valence-corrected chi connectivity index (χ2v) is 9.27. The van der Waals surface area contributed by atoms with Crippen molar-refractivity contribution in [3.05, 3.63) is 59.7 Å². The maximum absolute atomic E-state index is 12.6. The molecule has 0 spiro atoms. The Balaban J connectivity index is 1.61. The summed E-state index contributed by atoms with van der Waals surface area (Å²) in [6, 6.07) is 15.0. The first kappa shape index (κ1) is 21.5. The van der Waals surface area contributed by atoms with Gasteiger partial charge in [0, 0.05) is 24.8 Å². The summed E-state index contributed by atoms with van der Waals surface area (Å²) in [5.74, 6) is -0.115. The molecule has 1 unspecified atom stereocenters. The second kappa shape index (κ2) is 9.07. The minimum absolute atomic E-state index is 0.115. The van der Waals surface area contributed by atoms with E-state index in [0.717, 1.165) is 12.8 Å². The standard InChI is InChI=1S/C22H29N3O3S/c1-4-25(5-2)29(27,28)19-13-11-18(12-14-19)23-22(26)16-24(3)21-15-10-17-8-6-7-9-20(17)21/h6-9,11-14,21H,4-5,10,15-16H2,1-3H3,(H,23,26). The molecule has 0 radical (unpaired) electrons. The van der Waals surface area contributed by atoms with E-state index in [0.29, 0.717) is 18.8 Å². The molecule has 2 aromatic rings. The highest BCUT2D eigenvalue weighted by molar-refractivity contribution is 7.89. The lowest BCUT2D eigenvalue weighted by atomic mass is 10.1. The van der Waals surface area contributed by atoms with E-state index in [9.17, 15) is 13.2 Å². The van der Waals surface area contributed by atoms with Crippen molar-refractivity contribution in [2.75, 3.05) is 32.0 Å². The van der Waals surface area contributed by atoms with Crippen LogP contribution in [0.25, 0.3) is 0 Å². The van der Waals surface area contributed by atoms with Crippen molar-refractivity contribution in [3.8, 4) is 0 Å². The molecule has 1 aliphatic carbocycles. The zero-order valence-electron chi connectivity index (χ0n) is 17.3. The fourth-order valence-corrected chi connectivity index (χ4v) is 5.41. The van der Waals surface area contributed by atoms with E-state index < -0.39 is 10.0 Å². The Hall–Kier alpha value is -2.22. The summed E-state index contributed by atoms with van der Waals surface area (Å²) in [5.41, 5.74) is 3.25. The number of sulfonamides is 1. The summed E-state index contributed by atoms with van der Waals surface area (Å²) in [5, 5.41) is 2.87. The van der Waals surface area contributed by atoms with Crippen LogP contribution in [0.1, 0.15) is 37.4 Å².